The Hall–Kier alpha value is -2.33. The number of carbonyl (C=O) groups is 2. The molecule has 0 bridgehead atoms. The van der Waals surface area contributed by atoms with Gasteiger partial charge in [-0.3, -0.25) is 4.79 Å². The fourth-order valence-electron chi connectivity index (χ4n) is 5.24. The number of carboxylic acids is 1. The number of benzene rings is 2. The molecule has 0 radical (unpaired) electrons. The Morgan fingerprint density at radius 3 is 2.28 bits per heavy atom. The number of thiazole rings is 1. The molecule has 1 aliphatic heterocycles. The third-order valence-electron chi connectivity index (χ3n) is 7.35. The predicted octanol–water partition coefficient (Wildman–Crippen LogP) is 1.58. The van der Waals surface area contributed by atoms with Crippen molar-refractivity contribution in [3.05, 3.63) is 92.2 Å². The summed E-state index contributed by atoms with van der Waals surface area (Å²) in [5, 5.41) is 16.2. The van der Waals surface area contributed by atoms with Crippen molar-refractivity contribution in [2.45, 2.75) is 19.4 Å². The first kappa shape index (κ1) is 28.2. The van der Waals surface area contributed by atoms with Crippen molar-refractivity contribution >= 4 is 51.5 Å². The molecular weight excluding hydrogens is 566 g/mol. The molecule has 0 spiro atoms. The van der Waals surface area contributed by atoms with E-state index >= 15 is 0 Å². The van der Waals surface area contributed by atoms with Gasteiger partial charge in [0.25, 0.3) is 5.91 Å². The summed E-state index contributed by atoms with van der Waals surface area (Å²) in [6.45, 7) is 3.15. The van der Waals surface area contributed by atoms with E-state index in [0.717, 1.165) is 28.0 Å². The number of anilines is 1. The van der Waals surface area contributed by atoms with Crippen LogP contribution in [0.5, 0.6) is 0 Å². The zero-order chi connectivity index (χ0) is 26.6. The zero-order valence-corrected chi connectivity index (χ0v) is 25.7. The summed E-state index contributed by atoms with van der Waals surface area (Å²) in [5.41, 5.74) is 4.65. The van der Waals surface area contributed by atoms with Crippen LogP contribution in [0, 0.1) is 18.8 Å². The van der Waals surface area contributed by atoms with Crippen LogP contribution < -0.4 is 44.9 Å². The van der Waals surface area contributed by atoms with E-state index in [1.54, 1.807) is 6.92 Å². The Morgan fingerprint density at radius 2 is 1.69 bits per heavy atom. The number of H-pyrrole nitrogens is 1. The summed E-state index contributed by atoms with van der Waals surface area (Å²) >= 11 is 13.4. The number of carbonyl (C=O) groups excluding carboxylic acids is 2. The molecule has 194 valence electrons. The average Bonchev–Trinajstić information content (AvgIpc) is 3.27. The van der Waals surface area contributed by atoms with Crippen LogP contribution in [0.1, 0.15) is 37.1 Å². The molecule has 1 saturated heterocycles. The molecule has 2 aromatic carbocycles. The van der Waals surface area contributed by atoms with Crippen LogP contribution in [0.4, 0.5) is 5.13 Å². The Balaban J connectivity index is 0.00000308. The molecule has 7 nitrogen and oxygen atoms in total. The van der Waals surface area contributed by atoms with Crippen molar-refractivity contribution in [1.82, 2.24) is 15.3 Å². The van der Waals surface area contributed by atoms with Gasteiger partial charge in [0.1, 0.15) is 5.69 Å². The molecule has 2 aromatic heterocycles. The van der Waals surface area contributed by atoms with Crippen molar-refractivity contribution in [2.24, 2.45) is 11.8 Å². The largest absolute Gasteiger partial charge is 1.00 e. The molecule has 3 atom stereocenters. The maximum atomic E-state index is 12.7. The van der Waals surface area contributed by atoms with E-state index < -0.39 is 5.97 Å². The van der Waals surface area contributed by atoms with E-state index in [0.29, 0.717) is 41.1 Å². The number of hydrogen-bond donors (Lipinski definition) is 2. The third kappa shape index (κ3) is 5.51. The van der Waals surface area contributed by atoms with Gasteiger partial charge in [-0.05, 0) is 23.6 Å². The first-order valence-electron chi connectivity index (χ1n) is 12.2. The molecule has 2 fully saturated rings. The molecule has 2 N–H and O–H groups in total. The number of amides is 1. The van der Waals surface area contributed by atoms with Gasteiger partial charge in [0.15, 0.2) is 5.13 Å². The van der Waals surface area contributed by atoms with Crippen molar-refractivity contribution in [3.8, 4) is 11.1 Å². The van der Waals surface area contributed by atoms with Gasteiger partial charge in [-0.1, -0.05) is 89.1 Å². The normalized spacial score (nSPS) is 19.4. The summed E-state index contributed by atoms with van der Waals surface area (Å²) in [5.74, 6) is -0.942. The smallest absolute Gasteiger partial charge is 0.544 e. The van der Waals surface area contributed by atoms with Gasteiger partial charge in [-0.2, -0.15) is 0 Å². The molecule has 11 heteroatoms. The minimum Gasteiger partial charge on any atom is -0.544 e. The number of aryl methyl sites for hydroxylation is 1. The second-order valence-electron chi connectivity index (χ2n) is 9.78. The fourth-order valence-corrected chi connectivity index (χ4v) is 6.59. The maximum Gasteiger partial charge on any atom is 1.00 e. The number of nitrogens with one attached hydrogen (secondary N) is 2. The van der Waals surface area contributed by atoms with Crippen LogP contribution in [0.3, 0.4) is 0 Å². The molecule has 2 aliphatic rings. The summed E-state index contributed by atoms with van der Waals surface area (Å²) in [4.78, 5) is 34.5. The average molecular weight is 589 g/mol. The number of rotatable bonds is 7. The quantitative estimate of drug-likeness (QED) is 0.319. The van der Waals surface area contributed by atoms with E-state index in [2.05, 4.69) is 27.3 Å². The van der Waals surface area contributed by atoms with E-state index in [1.165, 1.54) is 0 Å². The maximum absolute atomic E-state index is 12.7. The Bertz CT molecular complexity index is 1530. The van der Waals surface area contributed by atoms with E-state index in [1.807, 2.05) is 42.5 Å². The van der Waals surface area contributed by atoms with E-state index in [9.17, 15) is 14.7 Å². The molecule has 6 rings (SSSR count). The van der Waals surface area contributed by atoms with Gasteiger partial charge >= 0.3 is 29.6 Å². The molecular formula is C28H23Cl2N4NaO3S. The second kappa shape index (κ2) is 11.3. The topological polar surface area (TPSA) is 101 Å². The van der Waals surface area contributed by atoms with Gasteiger partial charge in [0.2, 0.25) is 0 Å². The van der Waals surface area contributed by atoms with Crippen molar-refractivity contribution < 1.29 is 44.3 Å². The van der Waals surface area contributed by atoms with Crippen molar-refractivity contribution in [2.75, 3.05) is 18.0 Å². The Labute approximate surface area is 261 Å². The van der Waals surface area contributed by atoms with Crippen LogP contribution >= 0.6 is 34.5 Å². The van der Waals surface area contributed by atoms with Gasteiger partial charge in [-0.25, -0.2) is 4.98 Å². The van der Waals surface area contributed by atoms with Crippen LogP contribution in [0.15, 0.2) is 54.6 Å². The SMILES string of the molecule is Cc1[nH]c(C(=O)NC2[C@H]3CN(c4nc(Cc5ccc(-c6ccccc6)cc5)c(C(=O)[O-])s4)C[C@@H]23)c(Cl)c1Cl.[Na+]. The number of halogens is 2. The van der Waals surface area contributed by atoms with E-state index in [-0.39, 0.29) is 68.9 Å². The number of hydrogen-bond acceptors (Lipinski definition) is 6. The number of carboxylic acid groups (broad SMARTS) is 1. The van der Waals surface area contributed by atoms with Gasteiger partial charge in [0, 0.05) is 43.1 Å². The Kier molecular flexibility index (Phi) is 8.15. The molecule has 1 amide bonds. The van der Waals surface area contributed by atoms with Crippen LogP contribution in [-0.4, -0.2) is 41.0 Å². The van der Waals surface area contributed by atoms with Gasteiger partial charge < -0.3 is 25.1 Å². The summed E-state index contributed by atoms with van der Waals surface area (Å²) in [6.07, 6.45) is 0.410. The first-order chi connectivity index (χ1) is 18.3. The number of aromatic amines is 1. The molecule has 1 aliphatic carbocycles. The first-order valence-corrected chi connectivity index (χ1v) is 13.8. The van der Waals surface area contributed by atoms with Crippen molar-refractivity contribution in [3.63, 3.8) is 0 Å². The van der Waals surface area contributed by atoms with Crippen LogP contribution in [0.2, 0.25) is 10.0 Å². The molecule has 3 heterocycles. The molecule has 1 unspecified atom stereocenters. The van der Waals surface area contributed by atoms with Crippen LogP contribution in [-0.2, 0) is 6.42 Å². The molecule has 1 saturated carbocycles. The van der Waals surface area contributed by atoms with Gasteiger partial charge in [0.05, 0.1) is 26.6 Å². The monoisotopic (exact) mass is 588 g/mol. The Morgan fingerprint density at radius 1 is 1.05 bits per heavy atom. The van der Waals surface area contributed by atoms with Crippen molar-refractivity contribution in [1.29, 1.82) is 0 Å². The fraction of sp³-hybridized carbons (Fsp3) is 0.250. The standard InChI is InChI=1S/C28H24Cl2N4O3S.Na/c1-14-21(29)22(30)24(31-14)26(35)33-23-18-12-34(13-19(18)23)28-32-20(25(38-28)27(36)37)11-15-7-9-17(10-8-15)16-5-3-2-4-6-16;/h2-10,18-19,23,31H,11-13H2,1H3,(H,33,35)(H,36,37);/q;+1/p-1/t18-,19+,23?;. The minimum absolute atomic E-state index is 0. The van der Waals surface area contributed by atoms with E-state index in [4.69, 9.17) is 28.2 Å². The number of fused-ring (bicyclic) bond motifs is 1. The molecule has 4 aromatic rings. The summed E-state index contributed by atoms with van der Waals surface area (Å²) in [7, 11) is 0. The third-order valence-corrected chi connectivity index (χ3v) is 9.43. The summed E-state index contributed by atoms with van der Waals surface area (Å²) in [6, 6.07) is 18.2. The zero-order valence-electron chi connectivity index (χ0n) is 21.3. The number of aromatic carboxylic acids is 1. The second-order valence-corrected chi connectivity index (χ2v) is 11.5. The number of aromatic nitrogens is 2. The number of nitrogens with zero attached hydrogens (tertiary/aromatic N) is 2. The summed E-state index contributed by atoms with van der Waals surface area (Å²) < 4.78 is 0. The van der Waals surface area contributed by atoms with Gasteiger partial charge in [-0.15, -0.1) is 0 Å². The minimum atomic E-state index is -1.21. The predicted molar refractivity (Wildman–Crippen MR) is 147 cm³/mol. The molecule has 39 heavy (non-hydrogen) atoms. The number of piperidine rings is 1. The van der Waals surface area contributed by atoms with Crippen LogP contribution in [0.25, 0.3) is 11.1 Å².